The molecule has 0 atom stereocenters. The van der Waals surface area contributed by atoms with Gasteiger partial charge in [0.15, 0.2) is 0 Å². The highest BCUT2D eigenvalue weighted by Crippen LogP contribution is 2.39. The Morgan fingerprint density at radius 1 is 0.675 bits per heavy atom. The predicted octanol–water partition coefficient (Wildman–Crippen LogP) is 9.86. The summed E-state index contributed by atoms with van der Waals surface area (Å²) < 4.78 is 23.9. The zero-order valence-electron chi connectivity index (χ0n) is 21.7. The van der Waals surface area contributed by atoms with Crippen LogP contribution in [0.2, 0.25) is 0 Å². The number of hydrogen-bond acceptors (Lipinski definition) is 2. The molecule has 0 spiro atoms. The highest BCUT2D eigenvalue weighted by atomic mass is 19.1. The molecule has 2 heterocycles. The maximum Gasteiger partial charge on any atom is 0.149 e. The molecule has 0 aliphatic carbocycles. The lowest BCUT2D eigenvalue weighted by Crippen LogP contribution is -1.99. The fourth-order valence-corrected chi connectivity index (χ4v) is 5.87. The lowest BCUT2D eigenvalue weighted by atomic mass is 9.99. The number of benzene rings is 6. The monoisotopic (exact) mass is 518 g/mol. The van der Waals surface area contributed by atoms with Gasteiger partial charge in [0.1, 0.15) is 28.3 Å². The van der Waals surface area contributed by atoms with Gasteiger partial charge in [0.2, 0.25) is 0 Å². The Labute approximate surface area is 229 Å². The maximum atomic E-state index is 15.4. The Morgan fingerprint density at radius 2 is 1.48 bits per heavy atom. The minimum Gasteiger partial charge on any atom is -0.455 e. The van der Waals surface area contributed by atoms with Crippen LogP contribution in [-0.2, 0) is 0 Å². The average molecular weight is 519 g/mol. The Bertz CT molecular complexity index is 2260. The molecule has 0 aliphatic heterocycles. The van der Waals surface area contributed by atoms with Gasteiger partial charge in [-0.3, -0.25) is 4.57 Å². The number of hydrogen-bond donors (Lipinski definition) is 0. The summed E-state index contributed by atoms with van der Waals surface area (Å²) in [6.07, 6.45) is 0. The third-order valence-corrected chi connectivity index (χ3v) is 7.81. The average Bonchev–Trinajstić information content (AvgIpc) is 3.56. The van der Waals surface area contributed by atoms with E-state index in [0.717, 1.165) is 49.5 Å². The van der Waals surface area contributed by atoms with Gasteiger partial charge >= 0.3 is 0 Å². The SMILES string of the molecule is Cc1ccccc1-c1ccc2c(c1)oc1c(-c3nc4cccc(F)c4n3-c3ccc4ccccc4c3)cccc12. The summed E-state index contributed by atoms with van der Waals surface area (Å²) in [6.45, 7) is 2.12. The third-order valence-electron chi connectivity index (χ3n) is 7.81. The van der Waals surface area contributed by atoms with Gasteiger partial charge in [0.25, 0.3) is 0 Å². The summed E-state index contributed by atoms with van der Waals surface area (Å²) in [5, 5.41) is 4.24. The Kier molecular flexibility index (Phi) is 4.92. The van der Waals surface area contributed by atoms with Crippen molar-refractivity contribution in [1.82, 2.24) is 9.55 Å². The van der Waals surface area contributed by atoms with Gasteiger partial charge in [-0.2, -0.15) is 0 Å². The maximum absolute atomic E-state index is 15.4. The van der Waals surface area contributed by atoms with Crippen molar-refractivity contribution in [1.29, 1.82) is 0 Å². The molecule has 0 unspecified atom stereocenters. The van der Waals surface area contributed by atoms with Crippen LogP contribution in [0.1, 0.15) is 5.56 Å². The van der Waals surface area contributed by atoms with Crippen molar-refractivity contribution in [3.05, 3.63) is 133 Å². The summed E-state index contributed by atoms with van der Waals surface area (Å²) in [7, 11) is 0. The molecule has 190 valence electrons. The number of rotatable bonds is 3. The highest BCUT2D eigenvalue weighted by Gasteiger charge is 2.21. The molecule has 0 amide bonds. The molecular formula is C36H23FN2O. The van der Waals surface area contributed by atoms with E-state index in [2.05, 4.69) is 79.7 Å². The van der Waals surface area contributed by atoms with E-state index in [1.807, 2.05) is 41.0 Å². The smallest absolute Gasteiger partial charge is 0.149 e. The van der Waals surface area contributed by atoms with Crippen molar-refractivity contribution in [2.75, 3.05) is 0 Å². The Balaban J connectivity index is 1.40. The van der Waals surface area contributed by atoms with Gasteiger partial charge in [-0.15, -0.1) is 0 Å². The molecule has 40 heavy (non-hydrogen) atoms. The normalized spacial score (nSPS) is 11.8. The molecule has 0 N–H and O–H groups in total. The van der Waals surface area contributed by atoms with Crippen LogP contribution in [0.15, 0.2) is 126 Å². The molecule has 6 aromatic carbocycles. The van der Waals surface area contributed by atoms with Gasteiger partial charge in [-0.25, -0.2) is 9.37 Å². The molecule has 0 saturated carbocycles. The van der Waals surface area contributed by atoms with E-state index >= 15 is 4.39 Å². The first-order chi connectivity index (χ1) is 19.7. The van der Waals surface area contributed by atoms with E-state index in [9.17, 15) is 0 Å². The number of fused-ring (bicyclic) bond motifs is 5. The second-order valence-corrected chi connectivity index (χ2v) is 10.2. The zero-order chi connectivity index (χ0) is 26.8. The number of para-hydroxylation sites is 2. The summed E-state index contributed by atoms with van der Waals surface area (Å²) in [4.78, 5) is 4.96. The first kappa shape index (κ1) is 22.7. The van der Waals surface area contributed by atoms with Gasteiger partial charge in [0, 0.05) is 16.5 Å². The largest absolute Gasteiger partial charge is 0.455 e. The number of aryl methyl sites for hydroxylation is 1. The molecule has 0 bridgehead atoms. The van der Waals surface area contributed by atoms with Crippen molar-refractivity contribution in [2.45, 2.75) is 6.92 Å². The summed E-state index contributed by atoms with van der Waals surface area (Å²) in [5.41, 5.74) is 7.74. The van der Waals surface area contributed by atoms with E-state index in [0.29, 0.717) is 16.9 Å². The second-order valence-electron chi connectivity index (χ2n) is 10.2. The topological polar surface area (TPSA) is 31.0 Å². The lowest BCUT2D eigenvalue weighted by molar-refractivity contribution is 0.635. The molecule has 4 heteroatoms. The molecular weight excluding hydrogens is 495 g/mol. The molecule has 3 nitrogen and oxygen atoms in total. The van der Waals surface area contributed by atoms with Crippen molar-refractivity contribution < 1.29 is 8.81 Å². The Hall–Kier alpha value is -5.22. The highest BCUT2D eigenvalue weighted by molar-refractivity contribution is 6.10. The molecule has 0 aliphatic rings. The van der Waals surface area contributed by atoms with E-state index < -0.39 is 0 Å². The molecule has 2 aromatic heterocycles. The van der Waals surface area contributed by atoms with Crippen LogP contribution in [0.5, 0.6) is 0 Å². The minimum absolute atomic E-state index is 0.316. The van der Waals surface area contributed by atoms with Gasteiger partial charge in [-0.1, -0.05) is 78.9 Å². The lowest BCUT2D eigenvalue weighted by Gasteiger charge is -2.11. The molecule has 0 fully saturated rings. The number of furan rings is 1. The minimum atomic E-state index is -0.316. The van der Waals surface area contributed by atoms with E-state index in [4.69, 9.17) is 9.40 Å². The van der Waals surface area contributed by atoms with Crippen LogP contribution in [-0.4, -0.2) is 9.55 Å². The predicted molar refractivity (Wildman–Crippen MR) is 161 cm³/mol. The molecule has 8 aromatic rings. The number of nitrogens with zero attached hydrogens (tertiary/aromatic N) is 2. The van der Waals surface area contributed by atoms with Crippen molar-refractivity contribution >= 4 is 43.7 Å². The van der Waals surface area contributed by atoms with Crippen LogP contribution in [0, 0.1) is 12.7 Å². The first-order valence-corrected chi connectivity index (χ1v) is 13.3. The number of halogens is 1. The van der Waals surface area contributed by atoms with Crippen LogP contribution in [0.4, 0.5) is 4.39 Å². The van der Waals surface area contributed by atoms with Crippen LogP contribution in [0.3, 0.4) is 0 Å². The quantitative estimate of drug-likeness (QED) is 0.233. The van der Waals surface area contributed by atoms with Crippen LogP contribution in [0.25, 0.3) is 71.9 Å². The van der Waals surface area contributed by atoms with Crippen molar-refractivity contribution in [2.24, 2.45) is 0 Å². The fraction of sp³-hybridized carbons (Fsp3) is 0.0278. The number of imidazole rings is 1. The first-order valence-electron chi connectivity index (χ1n) is 13.3. The standard InChI is InChI=1S/C36H23FN2O/c1-22-8-2-5-11-27(22)25-17-19-28-29-12-6-13-30(35(29)40-33(28)21-25)36-38-32-15-7-14-31(37)34(32)39(36)26-18-16-23-9-3-4-10-24(23)20-26/h2-21H,1H3. The van der Waals surface area contributed by atoms with Crippen molar-refractivity contribution in [3.63, 3.8) is 0 Å². The van der Waals surface area contributed by atoms with Gasteiger partial charge in [0.05, 0.1) is 11.1 Å². The van der Waals surface area contributed by atoms with Gasteiger partial charge < -0.3 is 4.42 Å². The fourth-order valence-electron chi connectivity index (χ4n) is 5.87. The van der Waals surface area contributed by atoms with E-state index in [1.165, 1.54) is 17.2 Å². The summed E-state index contributed by atoms with van der Waals surface area (Å²) >= 11 is 0. The number of aromatic nitrogens is 2. The van der Waals surface area contributed by atoms with Crippen LogP contribution < -0.4 is 0 Å². The second kappa shape index (κ2) is 8.65. The zero-order valence-corrected chi connectivity index (χ0v) is 21.7. The third kappa shape index (κ3) is 3.39. The van der Waals surface area contributed by atoms with E-state index in [-0.39, 0.29) is 5.82 Å². The van der Waals surface area contributed by atoms with Crippen LogP contribution >= 0.6 is 0 Å². The Morgan fingerprint density at radius 3 is 2.38 bits per heavy atom. The summed E-state index contributed by atoms with van der Waals surface area (Å²) in [5.74, 6) is 0.322. The molecule has 0 saturated heterocycles. The van der Waals surface area contributed by atoms with Gasteiger partial charge in [-0.05, 0) is 76.9 Å². The molecule has 0 radical (unpaired) electrons. The van der Waals surface area contributed by atoms with E-state index in [1.54, 1.807) is 6.07 Å². The molecule has 8 rings (SSSR count). The van der Waals surface area contributed by atoms with Crippen molar-refractivity contribution in [3.8, 4) is 28.2 Å². The summed E-state index contributed by atoms with van der Waals surface area (Å²) in [6, 6.07) is 40.2.